The third-order valence-corrected chi connectivity index (χ3v) is 4.91. The van der Waals surface area contributed by atoms with E-state index in [1.165, 1.54) is 35.1 Å². The standard InChI is InChI=1S/C16H23N3OS/c1-11(2)9-20-8-4-7-17-15-14-12-5-3-6-13(12)21-16(14)19-10-18-15/h10-11H,3-9H2,1-2H3,(H,17,18,19). The maximum absolute atomic E-state index is 5.61. The molecule has 0 aliphatic heterocycles. The average Bonchev–Trinajstić information content (AvgIpc) is 3.02. The zero-order valence-electron chi connectivity index (χ0n) is 12.8. The van der Waals surface area contributed by atoms with Crippen molar-refractivity contribution in [2.24, 2.45) is 5.92 Å². The number of aryl methyl sites for hydroxylation is 2. The van der Waals surface area contributed by atoms with Gasteiger partial charge < -0.3 is 10.1 Å². The second-order valence-corrected chi connectivity index (χ2v) is 7.09. The first kappa shape index (κ1) is 14.7. The Balaban J connectivity index is 1.60. The molecule has 3 rings (SSSR count). The van der Waals surface area contributed by atoms with Crippen LogP contribution in [-0.4, -0.2) is 29.7 Å². The van der Waals surface area contributed by atoms with Gasteiger partial charge in [-0.25, -0.2) is 9.97 Å². The lowest BCUT2D eigenvalue weighted by Gasteiger charge is -2.09. The molecule has 114 valence electrons. The van der Waals surface area contributed by atoms with Crippen LogP contribution in [0.5, 0.6) is 0 Å². The van der Waals surface area contributed by atoms with Gasteiger partial charge in [0.25, 0.3) is 0 Å². The van der Waals surface area contributed by atoms with Gasteiger partial charge >= 0.3 is 0 Å². The molecule has 4 nitrogen and oxygen atoms in total. The SMILES string of the molecule is CC(C)COCCCNc1ncnc2sc3c(c12)CCC3. The van der Waals surface area contributed by atoms with E-state index < -0.39 is 0 Å². The van der Waals surface area contributed by atoms with Gasteiger partial charge in [-0.1, -0.05) is 13.8 Å². The Labute approximate surface area is 129 Å². The highest BCUT2D eigenvalue weighted by Gasteiger charge is 2.20. The molecule has 0 saturated heterocycles. The minimum atomic E-state index is 0.604. The van der Waals surface area contributed by atoms with Crippen LogP contribution in [0.15, 0.2) is 6.33 Å². The normalized spacial score (nSPS) is 14.0. The fourth-order valence-corrected chi connectivity index (χ4v) is 3.99. The van der Waals surface area contributed by atoms with E-state index in [1.54, 1.807) is 6.33 Å². The van der Waals surface area contributed by atoms with Gasteiger partial charge in [0.05, 0.1) is 5.39 Å². The van der Waals surface area contributed by atoms with E-state index in [9.17, 15) is 0 Å². The third-order valence-electron chi connectivity index (χ3n) is 3.71. The van der Waals surface area contributed by atoms with Gasteiger partial charge in [-0.15, -0.1) is 11.3 Å². The van der Waals surface area contributed by atoms with Crippen molar-refractivity contribution in [1.82, 2.24) is 9.97 Å². The number of rotatable bonds is 7. The molecule has 1 aliphatic carbocycles. The fraction of sp³-hybridized carbons (Fsp3) is 0.625. The van der Waals surface area contributed by atoms with E-state index in [-0.39, 0.29) is 0 Å². The van der Waals surface area contributed by atoms with Crippen molar-refractivity contribution in [2.75, 3.05) is 25.1 Å². The molecule has 0 spiro atoms. The maximum Gasteiger partial charge on any atom is 0.138 e. The van der Waals surface area contributed by atoms with Crippen molar-refractivity contribution >= 4 is 27.4 Å². The van der Waals surface area contributed by atoms with Crippen LogP contribution in [0.4, 0.5) is 5.82 Å². The molecule has 0 atom stereocenters. The van der Waals surface area contributed by atoms with Crippen LogP contribution in [0.25, 0.3) is 10.2 Å². The van der Waals surface area contributed by atoms with E-state index in [1.807, 2.05) is 11.3 Å². The summed E-state index contributed by atoms with van der Waals surface area (Å²) in [6.07, 6.45) is 6.33. The van der Waals surface area contributed by atoms with E-state index in [4.69, 9.17) is 4.74 Å². The fourth-order valence-electron chi connectivity index (χ4n) is 2.76. The van der Waals surface area contributed by atoms with Crippen molar-refractivity contribution < 1.29 is 4.74 Å². The largest absolute Gasteiger partial charge is 0.381 e. The second kappa shape index (κ2) is 6.71. The van der Waals surface area contributed by atoms with Crippen molar-refractivity contribution in [1.29, 1.82) is 0 Å². The van der Waals surface area contributed by atoms with Gasteiger partial charge in [-0.3, -0.25) is 0 Å². The van der Waals surface area contributed by atoms with Gasteiger partial charge in [-0.2, -0.15) is 0 Å². The number of hydrogen-bond donors (Lipinski definition) is 1. The zero-order chi connectivity index (χ0) is 14.7. The first-order valence-corrected chi connectivity index (χ1v) is 8.64. The topological polar surface area (TPSA) is 47.0 Å². The first-order chi connectivity index (χ1) is 10.3. The van der Waals surface area contributed by atoms with Crippen LogP contribution in [0, 0.1) is 5.92 Å². The highest BCUT2D eigenvalue weighted by molar-refractivity contribution is 7.19. The van der Waals surface area contributed by atoms with E-state index in [0.29, 0.717) is 5.92 Å². The summed E-state index contributed by atoms with van der Waals surface area (Å²) in [6, 6.07) is 0. The molecule has 1 N–H and O–H groups in total. The highest BCUT2D eigenvalue weighted by atomic mass is 32.1. The van der Waals surface area contributed by atoms with Crippen molar-refractivity contribution in [3.05, 3.63) is 16.8 Å². The quantitative estimate of drug-likeness (QED) is 0.793. The van der Waals surface area contributed by atoms with Crippen LogP contribution >= 0.6 is 11.3 Å². The maximum atomic E-state index is 5.61. The molecule has 1 aliphatic rings. The van der Waals surface area contributed by atoms with Gasteiger partial charge in [0.15, 0.2) is 0 Å². The molecule has 0 bridgehead atoms. The molecule has 21 heavy (non-hydrogen) atoms. The summed E-state index contributed by atoms with van der Waals surface area (Å²) < 4.78 is 5.61. The zero-order valence-corrected chi connectivity index (χ0v) is 13.6. The van der Waals surface area contributed by atoms with Crippen LogP contribution < -0.4 is 5.32 Å². The van der Waals surface area contributed by atoms with Crippen LogP contribution in [0.1, 0.15) is 37.1 Å². The number of aromatic nitrogens is 2. The van der Waals surface area contributed by atoms with Gasteiger partial charge in [0.1, 0.15) is 17.0 Å². The molecule has 0 saturated carbocycles. The predicted molar refractivity (Wildman–Crippen MR) is 88.2 cm³/mol. The molecule has 0 unspecified atom stereocenters. The Morgan fingerprint density at radius 3 is 3.10 bits per heavy atom. The second-order valence-electron chi connectivity index (χ2n) is 6.01. The van der Waals surface area contributed by atoms with Crippen LogP contribution in [-0.2, 0) is 17.6 Å². The summed E-state index contributed by atoms with van der Waals surface area (Å²) in [5.74, 6) is 1.61. The summed E-state index contributed by atoms with van der Waals surface area (Å²) >= 11 is 1.84. The molecule has 2 aromatic rings. The molecular weight excluding hydrogens is 282 g/mol. The highest BCUT2D eigenvalue weighted by Crippen LogP contribution is 2.38. The number of anilines is 1. The number of nitrogens with zero attached hydrogens (tertiary/aromatic N) is 2. The molecule has 0 amide bonds. The number of hydrogen-bond acceptors (Lipinski definition) is 5. The summed E-state index contributed by atoms with van der Waals surface area (Å²) in [6.45, 7) is 6.89. The number of thiophene rings is 1. The Hall–Kier alpha value is -1.20. The van der Waals surface area contributed by atoms with Crippen molar-refractivity contribution in [2.45, 2.75) is 39.5 Å². The molecule has 5 heteroatoms. The lowest BCUT2D eigenvalue weighted by atomic mass is 10.2. The van der Waals surface area contributed by atoms with Crippen LogP contribution in [0.3, 0.4) is 0 Å². The summed E-state index contributed by atoms with van der Waals surface area (Å²) in [7, 11) is 0. The lowest BCUT2D eigenvalue weighted by molar-refractivity contribution is 0.110. The van der Waals surface area contributed by atoms with Gasteiger partial charge in [0.2, 0.25) is 0 Å². The van der Waals surface area contributed by atoms with E-state index >= 15 is 0 Å². The third kappa shape index (κ3) is 3.35. The van der Waals surface area contributed by atoms with E-state index in [2.05, 4.69) is 29.1 Å². The average molecular weight is 305 g/mol. The summed E-state index contributed by atoms with van der Waals surface area (Å²) in [4.78, 5) is 11.5. The van der Waals surface area contributed by atoms with Gasteiger partial charge in [-0.05, 0) is 37.2 Å². The van der Waals surface area contributed by atoms with Crippen LogP contribution in [0.2, 0.25) is 0 Å². The molecule has 0 fully saturated rings. The molecule has 0 aromatic carbocycles. The Bertz CT molecular complexity index is 609. The molecular formula is C16H23N3OS. The Morgan fingerprint density at radius 1 is 1.33 bits per heavy atom. The minimum absolute atomic E-state index is 0.604. The minimum Gasteiger partial charge on any atom is -0.381 e. The monoisotopic (exact) mass is 305 g/mol. The molecule has 2 aromatic heterocycles. The molecule has 0 radical (unpaired) electrons. The number of nitrogens with one attached hydrogen (secondary N) is 1. The van der Waals surface area contributed by atoms with Gasteiger partial charge in [0, 0.05) is 24.6 Å². The summed E-state index contributed by atoms with van der Waals surface area (Å²) in [5.41, 5.74) is 1.48. The molecule has 2 heterocycles. The Morgan fingerprint density at radius 2 is 2.24 bits per heavy atom. The summed E-state index contributed by atoms with van der Waals surface area (Å²) in [5, 5.41) is 4.73. The lowest BCUT2D eigenvalue weighted by Crippen LogP contribution is -2.09. The van der Waals surface area contributed by atoms with E-state index in [0.717, 1.165) is 36.8 Å². The number of fused-ring (bicyclic) bond motifs is 3. The predicted octanol–water partition coefficient (Wildman–Crippen LogP) is 3.65. The Kier molecular flexibility index (Phi) is 4.70. The smallest absolute Gasteiger partial charge is 0.138 e. The number of ether oxygens (including phenoxy) is 1. The van der Waals surface area contributed by atoms with Crippen molar-refractivity contribution in [3.63, 3.8) is 0 Å². The first-order valence-electron chi connectivity index (χ1n) is 7.82. The van der Waals surface area contributed by atoms with Crippen molar-refractivity contribution in [3.8, 4) is 0 Å².